The molecule has 5 heteroatoms. The molecule has 0 saturated heterocycles. The number of benzene rings is 2. The average molecular weight is 389 g/mol. The molecule has 0 aliphatic heterocycles. The normalized spacial score (nSPS) is 10.8. The Kier molecular flexibility index (Phi) is 6.55. The third-order valence-electron chi connectivity index (χ3n) is 3.51. The van der Waals surface area contributed by atoms with E-state index in [1.165, 1.54) is 5.56 Å². The van der Waals surface area contributed by atoms with Crippen LogP contribution in [-0.4, -0.2) is 18.7 Å². The van der Waals surface area contributed by atoms with Gasteiger partial charge < -0.3 is 4.74 Å². The number of nitrogens with zero attached hydrogens (tertiary/aromatic N) is 1. The zero-order valence-electron chi connectivity index (χ0n) is 14.1. The Morgan fingerprint density at radius 3 is 2.75 bits per heavy atom. The van der Waals surface area contributed by atoms with E-state index in [2.05, 4.69) is 32.5 Å². The molecule has 2 aromatic rings. The molecule has 24 heavy (non-hydrogen) atoms. The predicted octanol–water partition coefficient (Wildman–Crippen LogP) is 4.16. The number of hydrazone groups is 1. The molecule has 0 atom stereocenters. The van der Waals surface area contributed by atoms with Gasteiger partial charge in [0.15, 0.2) is 0 Å². The lowest BCUT2D eigenvalue weighted by Gasteiger charge is -2.07. The van der Waals surface area contributed by atoms with Crippen molar-refractivity contribution in [3.05, 3.63) is 63.1 Å². The van der Waals surface area contributed by atoms with Gasteiger partial charge >= 0.3 is 0 Å². The summed E-state index contributed by atoms with van der Waals surface area (Å²) in [6.07, 6.45) is 1.90. The molecule has 0 aromatic heterocycles. The molecule has 0 heterocycles. The zero-order valence-corrected chi connectivity index (χ0v) is 15.7. The van der Waals surface area contributed by atoms with Gasteiger partial charge in [0.2, 0.25) is 5.91 Å². The number of rotatable bonds is 6. The first kappa shape index (κ1) is 18.2. The lowest BCUT2D eigenvalue weighted by molar-refractivity contribution is -0.120. The summed E-state index contributed by atoms with van der Waals surface area (Å²) in [6, 6.07) is 11.7. The van der Waals surface area contributed by atoms with Crippen molar-refractivity contribution < 1.29 is 9.53 Å². The summed E-state index contributed by atoms with van der Waals surface area (Å²) in [4.78, 5) is 12.1. The number of aryl methyl sites for hydroxylation is 2. The molecule has 0 aliphatic rings. The minimum Gasteiger partial charge on any atom is -0.493 e. The van der Waals surface area contributed by atoms with Crippen molar-refractivity contribution >= 4 is 28.1 Å². The smallest absolute Gasteiger partial charge is 0.244 e. The van der Waals surface area contributed by atoms with Crippen molar-refractivity contribution in [1.29, 1.82) is 0 Å². The molecule has 0 unspecified atom stereocenters. The van der Waals surface area contributed by atoms with Crippen LogP contribution < -0.4 is 10.2 Å². The standard InChI is InChI=1S/C19H21BrN2O2/c1-4-24-18-8-7-17(20)10-16(18)12-21-22-19(23)11-15-6-5-13(2)9-14(15)3/h5-10,12H,4,11H2,1-3H3,(H,22,23)/b21-12+. The van der Waals surface area contributed by atoms with Crippen LogP contribution in [0.15, 0.2) is 46.0 Å². The van der Waals surface area contributed by atoms with Gasteiger partial charge in [0, 0.05) is 10.0 Å². The van der Waals surface area contributed by atoms with E-state index in [4.69, 9.17) is 4.74 Å². The van der Waals surface area contributed by atoms with Gasteiger partial charge in [-0.3, -0.25) is 4.79 Å². The molecule has 0 radical (unpaired) electrons. The molecular weight excluding hydrogens is 368 g/mol. The van der Waals surface area contributed by atoms with Gasteiger partial charge in [-0.2, -0.15) is 5.10 Å². The van der Waals surface area contributed by atoms with Crippen molar-refractivity contribution in [1.82, 2.24) is 5.43 Å². The Morgan fingerprint density at radius 2 is 2.04 bits per heavy atom. The molecule has 1 N–H and O–H groups in total. The van der Waals surface area contributed by atoms with E-state index in [1.807, 2.05) is 51.1 Å². The van der Waals surface area contributed by atoms with Crippen molar-refractivity contribution in [3.63, 3.8) is 0 Å². The minimum absolute atomic E-state index is 0.147. The molecule has 0 fully saturated rings. The first-order valence-corrected chi connectivity index (χ1v) is 8.59. The first-order valence-electron chi connectivity index (χ1n) is 7.80. The van der Waals surface area contributed by atoms with Crippen molar-refractivity contribution in [2.75, 3.05) is 6.61 Å². The van der Waals surface area contributed by atoms with Crippen molar-refractivity contribution in [2.45, 2.75) is 27.2 Å². The summed E-state index contributed by atoms with van der Waals surface area (Å²) in [5, 5.41) is 4.04. The van der Waals surface area contributed by atoms with Crippen LogP contribution in [0.4, 0.5) is 0 Å². The number of halogens is 1. The molecule has 2 aromatic carbocycles. The van der Waals surface area contributed by atoms with Gasteiger partial charge in [-0.1, -0.05) is 39.7 Å². The predicted molar refractivity (Wildman–Crippen MR) is 101 cm³/mol. The third kappa shape index (κ3) is 5.20. The Morgan fingerprint density at radius 1 is 1.25 bits per heavy atom. The van der Waals surface area contributed by atoms with Crippen LogP contribution in [0.25, 0.3) is 0 Å². The summed E-state index contributed by atoms with van der Waals surface area (Å²) < 4.78 is 6.47. The summed E-state index contributed by atoms with van der Waals surface area (Å²) in [6.45, 7) is 6.54. The number of carbonyl (C=O) groups is 1. The Bertz CT molecular complexity index is 757. The summed E-state index contributed by atoms with van der Waals surface area (Å²) in [7, 11) is 0. The van der Waals surface area contributed by atoms with Crippen molar-refractivity contribution in [2.24, 2.45) is 5.10 Å². The topological polar surface area (TPSA) is 50.7 Å². The van der Waals surface area contributed by atoms with Crippen LogP contribution >= 0.6 is 15.9 Å². The fraction of sp³-hybridized carbons (Fsp3) is 0.263. The number of hydrogen-bond donors (Lipinski definition) is 1. The number of hydrogen-bond acceptors (Lipinski definition) is 3. The quantitative estimate of drug-likeness (QED) is 0.596. The van der Waals surface area contributed by atoms with Gasteiger partial charge in [0.1, 0.15) is 5.75 Å². The summed E-state index contributed by atoms with van der Waals surface area (Å²) >= 11 is 3.42. The van der Waals surface area contributed by atoms with Gasteiger partial charge in [-0.05, 0) is 50.1 Å². The van der Waals surface area contributed by atoms with Crippen LogP contribution in [0, 0.1) is 13.8 Å². The second kappa shape index (κ2) is 8.64. The van der Waals surface area contributed by atoms with E-state index in [1.54, 1.807) is 6.21 Å². The third-order valence-corrected chi connectivity index (χ3v) is 4.01. The molecule has 4 nitrogen and oxygen atoms in total. The molecule has 0 bridgehead atoms. The maximum absolute atomic E-state index is 12.1. The first-order chi connectivity index (χ1) is 11.5. The summed E-state index contributed by atoms with van der Waals surface area (Å²) in [5.74, 6) is 0.583. The average Bonchev–Trinajstić information content (AvgIpc) is 2.53. The van der Waals surface area contributed by atoms with E-state index >= 15 is 0 Å². The van der Waals surface area contributed by atoms with Gasteiger partial charge in [0.05, 0.1) is 19.2 Å². The van der Waals surface area contributed by atoms with Crippen LogP contribution in [0.3, 0.4) is 0 Å². The lowest BCUT2D eigenvalue weighted by atomic mass is 10.0. The minimum atomic E-state index is -0.147. The van der Waals surface area contributed by atoms with E-state index in [0.29, 0.717) is 13.0 Å². The Labute approximate surface area is 151 Å². The molecule has 0 saturated carbocycles. The van der Waals surface area contributed by atoms with Crippen LogP contribution in [0.2, 0.25) is 0 Å². The summed E-state index contributed by atoms with van der Waals surface area (Å²) in [5.41, 5.74) is 6.68. The SMILES string of the molecule is CCOc1ccc(Br)cc1/C=N/NC(=O)Cc1ccc(C)cc1C. The molecule has 126 valence electrons. The second-order valence-electron chi connectivity index (χ2n) is 5.52. The van der Waals surface area contributed by atoms with Gasteiger partial charge in [0.25, 0.3) is 0 Å². The molecule has 1 amide bonds. The molecular formula is C19H21BrN2O2. The number of carbonyl (C=O) groups excluding carboxylic acids is 1. The number of ether oxygens (including phenoxy) is 1. The highest BCUT2D eigenvalue weighted by molar-refractivity contribution is 9.10. The molecule has 2 rings (SSSR count). The number of nitrogens with one attached hydrogen (secondary N) is 1. The Hall–Kier alpha value is -2.14. The highest BCUT2D eigenvalue weighted by Crippen LogP contribution is 2.21. The van der Waals surface area contributed by atoms with Crippen LogP contribution in [0.1, 0.15) is 29.2 Å². The largest absolute Gasteiger partial charge is 0.493 e. The van der Waals surface area contributed by atoms with Crippen molar-refractivity contribution in [3.8, 4) is 5.75 Å². The monoisotopic (exact) mass is 388 g/mol. The fourth-order valence-electron chi connectivity index (χ4n) is 2.34. The van der Waals surface area contributed by atoms with E-state index < -0.39 is 0 Å². The van der Waals surface area contributed by atoms with Gasteiger partial charge in [-0.15, -0.1) is 0 Å². The van der Waals surface area contributed by atoms with Crippen LogP contribution in [0.5, 0.6) is 5.75 Å². The van der Waals surface area contributed by atoms with Crippen LogP contribution in [-0.2, 0) is 11.2 Å². The maximum Gasteiger partial charge on any atom is 0.244 e. The molecule has 0 aliphatic carbocycles. The zero-order chi connectivity index (χ0) is 17.5. The highest BCUT2D eigenvalue weighted by Gasteiger charge is 2.06. The maximum atomic E-state index is 12.1. The highest BCUT2D eigenvalue weighted by atomic mass is 79.9. The van der Waals surface area contributed by atoms with E-state index in [9.17, 15) is 4.79 Å². The molecule has 0 spiro atoms. The van der Waals surface area contributed by atoms with E-state index in [-0.39, 0.29) is 5.91 Å². The van der Waals surface area contributed by atoms with E-state index in [0.717, 1.165) is 26.9 Å². The van der Waals surface area contributed by atoms with Gasteiger partial charge in [-0.25, -0.2) is 5.43 Å². The lowest BCUT2D eigenvalue weighted by Crippen LogP contribution is -2.20. The second-order valence-corrected chi connectivity index (χ2v) is 6.43. The Balaban J connectivity index is 2.01. The fourth-order valence-corrected chi connectivity index (χ4v) is 2.72. The number of amides is 1.